The Morgan fingerprint density at radius 3 is 2.38 bits per heavy atom. The van der Waals surface area contributed by atoms with Crippen molar-refractivity contribution in [2.75, 3.05) is 31.5 Å². The number of nitrogens with one attached hydrogen (secondary N) is 3. The van der Waals surface area contributed by atoms with Gasteiger partial charge in [0.25, 0.3) is 0 Å². The summed E-state index contributed by atoms with van der Waals surface area (Å²) in [5.41, 5.74) is 3.59. The fraction of sp³-hybridized carbons (Fsp3) is 0.480. The lowest BCUT2D eigenvalue weighted by molar-refractivity contribution is -0.123. The fourth-order valence-corrected chi connectivity index (χ4v) is 4.27. The molecule has 2 heterocycles. The quantitative estimate of drug-likeness (QED) is 0.589. The Morgan fingerprint density at radius 2 is 1.75 bits per heavy atom. The van der Waals surface area contributed by atoms with Crippen molar-refractivity contribution in [3.63, 3.8) is 0 Å². The van der Waals surface area contributed by atoms with Crippen molar-refractivity contribution < 1.29 is 9.59 Å². The molecule has 1 unspecified atom stereocenters. The van der Waals surface area contributed by atoms with E-state index in [1.807, 2.05) is 56.3 Å². The van der Waals surface area contributed by atoms with Crippen LogP contribution >= 0.6 is 0 Å². The summed E-state index contributed by atoms with van der Waals surface area (Å²) >= 11 is 0. The van der Waals surface area contributed by atoms with Crippen molar-refractivity contribution in [1.29, 1.82) is 0 Å². The highest BCUT2D eigenvalue weighted by molar-refractivity contribution is 5.89. The van der Waals surface area contributed by atoms with E-state index < -0.39 is 0 Å². The van der Waals surface area contributed by atoms with E-state index in [0.717, 1.165) is 61.5 Å². The number of benzene rings is 1. The van der Waals surface area contributed by atoms with Crippen LogP contribution < -0.4 is 16.0 Å². The summed E-state index contributed by atoms with van der Waals surface area (Å²) in [6.45, 7) is 9.08. The van der Waals surface area contributed by atoms with E-state index in [1.165, 1.54) is 0 Å². The van der Waals surface area contributed by atoms with E-state index in [1.54, 1.807) is 0 Å². The molecular weight excluding hydrogens is 402 g/mol. The highest BCUT2D eigenvalue weighted by Crippen LogP contribution is 2.20. The molecule has 1 aliphatic rings. The largest absolute Gasteiger partial charge is 0.353 e. The smallest absolute Gasteiger partial charge is 0.319 e. The van der Waals surface area contributed by atoms with Gasteiger partial charge >= 0.3 is 6.03 Å². The molecule has 0 saturated carbocycles. The predicted molar refractivity (Wildman–Crippen MR) is 128 cm³/mol. The van der Waals surface area contributed by atoms with Gasteiger partial charge in [-0.1, -0.05) is 37.3 Å². The number of rotatable bonds is 8. The Bertz CT molecular complexity index is 874. The van der Waals surface area contributed by atoms with Crippen LogP contribution in [0.5, 0.6) is 0 Å². The number of nitrogens with zero attached hydrogens (tertiary/aromatic N) is 2. The molecule has 1 aromatic heterocycles. The van der Waals surface area contributed by atoms with Gasteiger partial charge in [-0.05, 0) is 50.8 Å². The van der Waals surface area contributed by atoms with Gasteiger partial charge in [-0.15, -0.1) is 0 Å². The number of aromatic nitrogens is 1. The first-order valence-electron chi connectivity index (χ1n) is 11.5. The molecule has 3 rings (SSSR count). The topological polar surface area (TPSA) is 86.4 Å². The molecule has 0 aliphatic carbocycles. The monoisotopic (exact) mass is 437 g/mol. The first kappa shape index (κ1) is 23.7. The molecule has 2 aromatic rings. The van der Waals surface area contributed by atoms with Gasteiger partial charge in [-0.25, -0.2) is 4.79 Å². The molecule has 1 aliphatic heterocycles. The summed E-state index contributed by atoms with van der Waals surface area (Å²) in [7, 11) is 0. The van der Waals surface area contributed by atoms with Crippen LogP contribution in [-0.4, -0.2) is 54.0 Å². The molecule has 7 nitrogen and oxygen atoms in total. The number of carbonyl (C=O) groups is 2. The maximum Gasteiger partial charge on any atom is 0.319 e. The molecule has 0 radical (unpaired) electrons. The number of hydrogen-bond acceptors (Lipinski definition) is 4. The van der Waals surface area contributed by atoms with Crippen molar-refractivity contribution in [2.24, 2.45) is 0 Å². The Balaban J connectivity index is 1.36. The maximum absolute atomic E-state index is 12.8. The van der Waals surface area contributed by atoms with Crippen LogP contribution in [0.1, 0.15) is 49.1 Å². The van der Waals surface area contributed by atoms with E-state index in [0.29, 0.717) is 6.54 Å². The van der Waals surface area contributed by atoms with Crippen molar-refractivity contribution in [3.05, 3.63) is 59.4 Å². The number of anilines is 1. The number of piperidine rings is 1. The van der Waals surface area contributed by atoms with Gasteiger partial charge in [-0.3, -0.25) is 9.78 Å². The fourth-order valence-electron chi connectivity index (χ4n) is 4.27. The molecule has 0 spiro atoms. The molecule has 3 N–H and O–H groups in total. The average molecular weight is 438 g/mol. The zero-order valence-electron chi connectivity index (χ0n) is 19.4. The number of aryl methyl sites for hydroxylation is 2. The second kappa shape index (κ2) is 11.6. The molecule has 32 heavy (non-hydrogen) atoms. The molecule has 1 fully saturated rings. The maximum atomic E-state index is 12.8. The van der Waals surface area contributed by atoms with Crippen LogP contribution in [-0.2, 0) is 4.79 Å². The van der Waals surface area contributed by atoms with Gasteiger partial charge in [-0.2, -0.15) is 0 Å². The molecule has 3 amide bonds. The van der Waals surface area contributed by atoms with Crippen molar-refractivity contribution in [3.8, 4) is 0 Å². The zero-order chi connectivity index (χ0) is 22.9. The highest BCUT2D eigenvalue weighted by Gasteiger charge is 2.24. The van der Waals surface area contributed by atoms with E-state index >= 15 is 0 Å². The van der Waals surface area contributed by atoms with Crippen molar-refractivity contribution in [1.82, 2.24) is 20.5 Å². The molecular formula is C25H35N5O2. The average Bonchev–Trinajstić information content (AvgIpc) is 2.75. The van der Waals surface area contributed by atoms with Gasteiger partial charge in [0.2, 0.25) is 5.91 Å². The summed E-state index contributed by atoms with van der Waals surface area (Å²) in [6.07, 6.45) is 2.65. The van der Waals surface area contributed by atoms with Crippen molar-refractivity contribution in [2.45, 2.75) is 52.0 Å². The van der Waals surface area contributed by atoms with Gasteiger partial charge in [0, 0.05) is 49.3 Å². The van der Waals surface area contributed by atoms with Crippen LogP contribution in [0, 0.1) is 13.8 Å². The lowest BCUT2D eigenvalue weighted by Crippen LogP contribution is -2.47. The van der Waals surface area contributed by atoms with Crippen LogP contribution in [0.3, 0.4) is 0 Å². The summed E-state index contributed by atoms with van der Waals surface area (Å²) < 4.78 is 0. The number of pyridine rings is 1. The predicted octanol–water partition coefficient (Wildman–Crippen LogP) is 3.59. The Kier molecular flexibility index (Phi) is 8.62. The summed E-state index contributed by atoms with van der Waals surface area (Å²) in [5, 5.41) is 9.03. The summed E-state index contributed by atoms with van der Waals surface area (Å²) in [5.74, 6) is 0.0296. The standard InChI is InChI=1S/C25H35N5O2/c1-4-23(20-8-6-5-7-9-20)24(31)28-21-10-13-30(14-11-21)15-12-26-25(32)29-22-16-18(2)27-19(3)17-22/h5-9,16-17,21,23H,4,10-15H2,1-3H3,(H,28,31)(H2,26,27,29,32). The number of amides is 3. The molecule has 7 heteroatoms. The second-order valence-electron chi connectivity index (χ2n) is 8.52. The van der Waals surface area contributed by atoms with Crippen LogP contribution in [0.25, 0.3) is 0 Å². The van der Waals surface area contributed by atoms with E-state index in [2.05, 4.69) is 32.8 Å². The lowest BCUT2D eigenvalue weighted by Gasteiger charge is -2.33. The van der Waals surface area contributed by atoms with Gasteiger partial charge in [0.1, 0.15) is 0 Å². The molecule has 172 valence electrons. The zero-order valence-corrected chi connectivity index (χ0v) is 19.4. The third-order valence-electron chi connectivity index (χ3n) is 5.91. The van der Waals surface area contributed by atoms with Gasteiger partial charge < -0.3 is 20.9 Å². The normalized spacial score (nSPS) is 15.7. The molecule has 0 bridgehead atoms. The third kappa shape index (κ3) is 7.05. The first-order valence-corrected chi connectivity index (χ1v) is 11.5. The number of hydrogen-bond donors (Lipinski definition) is 3. The second-order valence-corrected chi connectivity index (χ2v) is 8.52. The number of carbonyl (C=O) groups excluding carboxylic acids is 2. The van der Waals surface area contributed by atoms with E-state index in [4.69, 9.17) is 0 Å². The number of likely N-dealkylation sites (tertiary alicyclic amines) is 1. The minimum atomic E-state index is -0.205. The Morgan fingerprint density at radius 1 is 1.09 bits per heavy atom. The number of urea groups is 1. The Hall–Kier alpha value is -2.93. The molecule has 1 aromatic carbocycles. The summed E-state index contributed by atoms with van der Waals surface area (Å²) in [4.78, 5) is 31.6. The molecule has 1 saturated heterocycles. The van der Waals surface area contributed by atoms with Crippen LogP contribution in [0.4, 0.5) is 10.5 Å². The minimum Gasteiger partial charge on any atom is -0.353 e. The van der Waals surface area contributed by atoms with Crippen molar-refractivity contribution >= 4 is 17.6 Å². The van der Waals surface area contributed by atoms with Crippen LogP contribution in [0.2, 0.25) is 0 Å². The lowest BCUT2D eigenvalue weighted by atomic mass is 9.94. The van der Waals surface area contributed by atoms with E-state index in [9.17, 15) is 9.59 Å². The minimum absolute atomic E-state index is 0.0927. The highest BCUT2D eigenvalue weighted by atomic mass is 16.2. The van der Waals surface area contributed by atoms with E-state index in [-0.39, 0.29) is 23.9 Å². The van der Waals surface area contributed by atoms with Crippen LogP contribution in [0.15, 0.2) is 42.5 Å². The van der Waals surface area contributed by atoms with Gasteiger partial charge in [0.15, 0.2) is 0 Å². The SMILES string of the molecule is CCC(C(=O)NC1CCN(CCNC(=O)Nc2cc(C)nc(C)c2)CC1)c1ccccc1. The summed E-state index contributed by atoms with van der Waals surface area (Å²) in [6, 6.07) is 13.7. The molecule has 1 atom stereocenters. The van der Waals surface area contributed by atoms with Gasteiger partial charge in [0.05, 0.1) is 5.92 Å². The first-order chi connectivity index (χ1) is 15.4. The third-order valence-corrected chi connectivity index (χ3v) is 5.91. The Labute approximate surface area is 191 Å².